The summed E-state index contributed by atoms with van der Waals surface area (Å²) in [5, 5.41) is 0. The first-order valence-corrected chi connectivity index (χ1v) is 3.07. The van der Waals surface area contributed by atoms with Crippen molar-refractivity contribution in [1.82, 2.24) is 0 Å². The Balaban J connectivity index is 0. The van der Waals surface area contributed by atoms with Crippen LogP contribution in [0.5, 0.6) is 0 Å². The first-order chi connectivity index (χ1) is 3.77. The third kappa shape index (κ3) is 11.6. The van der Waals surface area contributed by atoms with Gasteiger partial charge in [-0.2, -0.15) is 0 Å². The molecule has 0 aliphatic heterocycles. The largest absolute Gasteiger partial charge is 0.0877 e. The second kappa shape index (κ2) is 8.10. The summed E-state index contributed by atoms with van der Waals surface area (Å²) < 4.78 is 0. The van der Waals surface area contributed by atoms with E-state index >= 15 is 0 Å². The molecule has 0 unspecified atom stereocenters. The van der Waals surface area contributed by atoms with Gasteiger partial charge in [0.05, 0.1) is 0 Å². The van der Waals surface area contributed by atoms with Crippen LogP contribution >= 0.6 is 0 Å². The van der Waals surface area contributed by atoms with Gasteiger partial charge in [-0.1, -0.05) is 38.2 Å². The van der Waals surface area contributed by atoms with E-state index in [1.165, 1.54) is 0 Å². The molecule has 0 fully saturated rings. The fourth-order valence-electron chi connectivity index (χ4n) is 0.397. The van der Waals surface area contributed by atoms with Gasteiger partial charge in [-0.25, -0.2) is 0 Å². The molecule has 0 aliphatic rings. The van der Waals surface area contributed by atoms with Crippen LogP contribution in [0.1, 0.15) is 20.8 Å². The molecule has 0 spiro atoms. The van der Waals surface area contributed by atoms with Crippen LogP contribution in [0.4, 0.5) is 0 Å². The zero-order chi connectivity index (χ0) is 6.41. The summed E-state index contributed by atoms with van der Waals surface area (Å²) in [4.78, 5) is 0. The topological polar surface area (TPSA) is 0 Å². The summed E-state index contributed by atoms with van der Waals surface area (Å²) in [7, 11) is 0. The zero-order valence-corrected chi connectivity index (χ0v) is 7.98. The van der Waals surface area contributed by atoms with Gasteiger partial charge in [0.2, 0.25) is 0 Å². The number of allylic oxidation sites excluding steroid dienone is 4. The molecule has 9 heavy (non-hydrogen) atoms. The van der Waals surface area contributed by atoms with Crippen molar-refractivity contribution < 1.29 is 19.5 Å². The molecule has 0 saturated heterocycles. The Kier molecular flexibility index (Phi) is 10.7. The SMILES string of the molecule is CC=CC=CC(C)C.[Ru]. The molecule has 0 aromatic heterocycles. The standard InChI is InChI=1S/C8H14.Ru/c1-4-5-6-7-8(2)3;/h4-8H,1-3H3;. The number of rotatable bonds is 2. The van der Waals surface area contributed by atoms with E-state index in [0.717, 1.165) is 0 Å². The average Bonchev–Trinajstić information content (AvgIpc) is 1.66. The van der Waals surface area contributed by atoms with Crippen LogP contribution < -0.4 is 0 Å². The maximum atomic E-state index is 2.17. The number of hydrogen-bond donors (Lipinski definition) is 0. The molecule has 0 radical (unpaired) electrons. The van der Waals surface area contributed by atoms with Crippen LogP contribution in [0, 0.1) is 5.92 Å². The molecule has 54 valence electrons. The van der Waals surface area contributed by atoms with Crippen molar-refractivity contribution in [2.45, 2.75) is 20.8 Å². The summed E-state index contributed by atoms with van der Waals surface area (Å²) in [5.41, 5.74) is 0. The van der Waals surface area contributed by atoms with E-state index in [4.69, 9.17) is 0 Å². The van der Waals surface area contributed by atoms with Crippen LogP contribution in [0.15, 0.2) is 24.3 Å². The van der Waals surface area contributed by atoms with Gasteiger partial charge in [-0.3, -0.25) is 0 Å². The molecular weight excluding hydrogens is 197 g/mol. The van der Waals surface area contributed by atoms with E-state index in [0.29, 0.717) is 5.92 Å². The minimum atomic E-state index is 0. The molecule has 0 nitrogen and oxygen atoms in total. The Morgan fingerprint density at radius 3 is 2.00 bits per heavy atom. The minimum absolute atomic E-state index is 0. The van der Waals surface area contributed by atoms with Gasteiger partial charge in [0.1, 0.15) is 0 Å². The zero-order valence-electron chi connectivity index (χ0n) is 6.24. The monoisotopic (exact) mass is 212 g/mol. The average molecular weight is 211 g/mol. The van der Waals surface area contributed by atoms with Gasteiger partial charge in [0.15, 0.2) is 0 Å². The van der Waals surface area contributed by atoms with Gasteiger partial charge in [0.25, 0.3) is 0 Å². The van der Waals surface area contributed by atoms with E-state index in [1.807, 2.05) is 19.1 Å². The molecule has 0 aliphatic carbocycles. The van der Waals surface area contributed by atoms with Crippen molar-refractivity contribution in [3.05, 3.63) is 24.3 Å². The Bertz CT molecular complexity index is 90.7. The van der Waals surface area contributed by atoms with Crippen molar-refractivity contribution in [3.63, 3.8) is 0 Å². The van der Waals surface area contributed by atoms with Crippen molar-refractivity contribution >= 4 is 0 Å². The molecule has 0 heterocycles. The predicted octanol–water partition coefficient (Wildman–Crippen LogP) is 2.77. The van der Waals surface area contributed by atoms with E-state index in [2.05, 4.69) is 26.0 Å². The molecule has 0 aromatic rings. The van der Waals surface area contributed by atoms with Crippen LogP contribution in [0.25, 0.3) is 0 Å². The molecule has 0 atom stereocenters. The molecular formula is C8H14Ru. The number of hydrogen-bond acceptors (Lipinski definition) is 0. The Morgan fingerprint density at radius 1 is 1.11 bits per heavy atom. The van der Waals surface area contributed by atoms with Crippen LogP contribution in [-0.2, 0) is 19.5 Å². The van der Waals surface area contributed by atoms with E-state index in [1.54, 1.807) is 0 Å². The Labute approximate surface area is 70.8 Å². The van der Waals surface area contributed by atoms with Crippen LogP contribution in [-0.4, -0.2) is 0 Å². The molecule has 0 saturated carbocycles. The molecule has 0 amide bonds. The predicted molar refractivity (Wildman–Crippen MR) is 38.8 cm³/mol. The first kappa shape index (κ1) is 11.8. The van der Waals surface area contributed by atoms with Crippen molar-refractivity contribution in [3.8, 4) is 0 Å². The third-order valence-electron chi connectivity index (χ3n) is 0.800. The third-order valence-corrected chi connectivity index (χ3v) is 0.800. The summed E-state index contributed by atoms with van der Waals surface area (Å²) in [6.07, 6.45) is 8.31. The smallest absolute Gasteiger partial charge is 0 e. The van der Waals surface area contributed by atoms with E-state index in [9.17, 15) is 0 Å². The normalized spacial score (nSPS) is 11.1. The molecule has 0 N–H and O–H groups in total. The van der Waals surface area contributed by atoms with Gasteiger partial charge < -0.3 is 0 Å². The van der Waals surface area contributed by atoms with Gasteiger partial charge in [0, 0.05) is 19.5 Å². The van der Waals surface area contributed by atoms with Crippen LogP contribution in [0.2, 0.25) is 0 Å². The first-order valence-electron chi connectivity index (χ1n) is 3.07. The van der Waals surface area contributed by atoms with Crippen LogP contribution in [0.3, 0.4) is 0 Å². The van der Waals surface area contributed by atoms with E-state index in [-0.39, 0.29) is 19.5 Å². The summed E-state index contributed by atoms with van der Waals surface area (Å²) in [6, 6.07) is 0. The van der Waals surface area contributed by atoms with Crippen molar-refractivity contribution in [2.75, 3.05) is 0 Å². The van der Waals surface area contributed by atoms with E-state index < -0.39 is 0 Å². The maximum Gasteiger partial charge on any atom is 0 e. The second-order valence-corrected chi connectivity index (χ2v) is 2.15. The summed E-state index contributed by atoms with van der Waals surface area (Å²) in [6.45, 7) is 6.35. The summed E-state index contributed by atoms with van der Waals surface area (Å²) in [5.74, 6) is 0.672. The minimum Gasteiger partial charge on any atom is -0.0877 e. The summed E-state index contributed by atoms with van der Waals surface area (Å²) >= 11 is 0. The molecule has 1 heteroatoms. The molecule has 0 bridgehead atoms. The van der Waals surface area contributed by atoms with Gasteiger partial charge in [-0.15, -0.1) is 0 Å². The Morgan fingerprint density at radius 2 is 1.67 bits per heavy atom. The second-order valence-electron chi connectivity index (χ2n) is 2.15. The quantitative estimate of drug-likeness (QED) is 0.486. The van der Waals surface area contributed by atoms with Crippen molar-refractivity contribution in [2.24, 2.45) is 5.92 Å². The van der Waals surface area contributed by atoms with Crippen molar-refractivity contribution in [1.29, 1.82) is 0 Å². The fourth-order valence-corrected chi connectivity index (χ4v) is 0.397. The van der Waals surface area contributed by atoms with Gasteiger partial charge >= 0.3 is 0 Å². The molecule has 0 rings (SSSR count). The molecule has 0 aromatic carbocycles. The maximum absolute atomic E-state index is 2.17. The van der Waals surface area contributed by atoms with Gasteiger partial charge in [-0.05, 0) is 12.8 Å². The Hall–Kier alpha value is 0.103. The fraction of sp³-hybridized carbons (Fsp3) is 0.500.